The van der Waals surface area contributed by atoms with Crippen LogP contribution in [0, 0.1) is 29.6 Å². The van der Waals surface area contributed by atoms with Gasteiger partial charge in [-0.25, -0.2) is 9.59 Å². The summed E-state index contributed by atoms with van der Waals surface area (Å²) in [6, 6.07) is 2.43. The van der Waals surface area contributed by atoms with E-state index in [2.05, 4.69) is 40.4 Å². The fourth-order valence-corrected chi connectivity index (χ4v) is 5.86. The number of hydrogen-bond acceptors (Lipinski definition) is 8. The maximum atomic E-state index is 13.5. The van der Waals surface area contributed by atoms with Gasteiger partial charge < -0.3 is 37.1 Å². The van der Waals surface area contributed by atoms with Gasteiger partial charge in [0.25, 0.3) is 0 Å². The number of benzene rings is 1. The molecule has 1 aromatic rings. The summed E-state index contributed by atoms with van der Waals surface area (Å²) in [5, 5.41) is 13.7. The first-order chi connectivity index (χ1) is 25.7. The zero-order chi connectivity index (χ0) is 42.0. The van der Waals surface area contributed by atoms with Crippen LogP contribution in [0.4, 0.5) is 15.3 Å². The molecule has 0 aliphatic heterocycles. The van der Waals surface area contributed by atoms with Crippen molar-refractivity contribution in [3.63, 3.8) is 0 Å². The van der Waals surface area contributed by atoms with Gasteiger partial charge in [0.15, 0.2) is 5.78 Å². The van der Waals surface area contributed by atoms with Gasteiger partial charge in [-0.05, 0) is 60.6 Å². The van der Waals surface area contributed by atoms with Crippen LogP contribution in [0.15, 0.2) is 24.3 Å². The van der Waals surface area contributed by atoms with Gasteiger partial charge in [-0.15, -0.1) is 0 Å². The molecule has 0 radical (unpaired) electrons. The van der Waals surface area contributed by atoms with Crippen LogP contribution in [0.3, 0.4) is 0 Å². The summed E-state index contributed by atoms with van der Waals surface area (Å²) in [7, 11) is 1.48. The minimum absolute atomic E-state index is 0.0819. The van der Waals surface area contributed by atoms with Gasteiger partial charge >= 0.3 is 12.1 Å². The van der Waals surface area contributed by atoms with E-state index in [0.717, 1.165) is 6.42 Å². The third-order valence-corrected chi connectivity index (χ3v) is 9.08. The molecule has 0 fully saturated rings. The number of nitrogens with one attached hydrogen (secondary N) is 5. The van der Waals surface area contributed by atoms with Crippen LogP contribution in [-0.4, -0.2) is 84.2 Å². The monoisotopic (exact) mass is 774 g/mol. The van der Waals surface area contributed by atoms with Crippen LogP contribution < -0.4 is 32.3 Å². The Labute approximate surface area is 327 Å². The second-order valence-electron chi connectivity index (χ2n) is 15.9. The summed E-state index contributed by atoms with van der Waals surface area (Å²) < 4.78 is 5.52. The third kappa shape index (κ3) is 17.5. The number of likely N-dealkylation sites (N-methyl/N-ethyl adjacent to an activating group) is 1. The first kappa shape index (κ1) is 48.3. The number of urea groups is 1. The van der Waals surface area contributed by atoms with Crippen molar-refractivity contribution in [3.05, 3.63) is 29.8 Å². The summed E-state index contributed by atoms with van der Waals surface area (Å²) in [6.07, 6.45) is 1.66. The number of nitrogens with two attached hydrogens (primary N) is 1. The van der Waals surface area contributed by atoms with Crippen molar-refractivity contribution in [2.75, 3.05) is 18.9 Å². The van der Waals surface area contributed by atoms with E-state index < -0.39 is 54.0 Å². The van der Waals surface area contributed by atoms with E-state index in [0.29, 0.717) is 36.4 Å². The molecule has 0 heterocycles. The summed E-state index contributed by atoms with van der Waals surface area (Å²) in [5.74, 6) is -2.23. The number of amides is 7. The highest BCUT2D eigenvalue weighted by molar-refractivity contribution is 5.98. The molecule has 0 saturated heterocycles. The van der Waals surface area contributed by atoms with E-state index in [1.807, 2.05) is 13.8 Å². The Morgan fingerprint density at radius 1 is 0.709 bits per heavy atom. The van der Waals surface area contributed by atoms with Gasteiger partial charge in [-0.2, -0.15) is 0 Å². The Hall–Kier alpha value is -4.69. The normalized spacial score (nSPS) is 13.5. The summed E-state index contributed by atoms with van der Waals surface area (Å²) in [5.41, 5.74) is 6.20. The Morgan fingerprint density at radius 2 is 1.31 bits per heavy atom. The molecule has 15 heteroatoms. The second kappa shape index (κ2) is 24.0. The van der Waals surface area contributed by atoms with E-state index in [4.69, 9.17) is 10.5 Å². The molecule has 0 unspecified atom stereocenters. The molecule has 0 aromatic heterocycles. The van der Waals surface area contributed by atoms with Gasteiger partial charge in [0.05, 0.1) is 6.04 Å². The van der Waals surface area contributed by atoms with Crippen molar-refractivity contribution in [1.82, 2.24) is 26.2 Å². The fraction of sp³-hybridized carbons (Fsp3) is 0.675. The predicted octanol–water partition coefficient (Wildman–Crippen LogP) is 4.48. The largest absolute Gasteiger partial charge is 0.445 e. The maximum absolute atomic E-state index is 13.5. The first-order valence-corrected chi connectivity index (χ1v) is 19.4. The number of rotatable bonds is 23. The minimum atomic E-state index is -0.997. The zero-order valence-corrected chi connectivity index (χ0v) is 34.7. The van der Waals surface area contributed by atoms with Gasteiger partial charge in [0, 0.05) is 31.6 Å². The van der Waals surface area contributed by atoms with E-state index >= 15 is 0 Å². The molecule has 7 amide bonds. The van der Waals surface area contributed by atoms with Crippen LogP contribution in [0.1, 0.15) is 107 Å². The molecule has 1 rings (SSSR count). The van der Waals surface area contributed by atoms with Crippen LogP contribution in [0.2, 0.25) is 0 Å². The van der Waals surface area contributed by atoms with Crippen molar-refractivity contribution < 1.29 is 38.3 Å². The molecule has 310 valence electrons. The van der Waals surface area contributed by atoms with Gasteiger partial charge in [0.2, 0.25) is 23.6 Å². The molecule has 0 saturated carbocycles. The molecular weight excluding hydrogens is 706 g/mol. The summed E-state index contributed by atoms with van der Waals surface area (Å²) in [6.45, 7) is 18.7. The lowest BCUT2D eigenvalue weighted by Gasteiger charge is -2.32. The highest BCUT2D eigenvalue weighted by atomic mass is 16.6. The molecule has 0 spiro atoms. The second-order valence-corrected chi connectivity index (χ2v) is 15.9. The Morgan fingerprint density at radius 3 is 1.82 bits per heavy atom. The van der Waals surface area contributed by atoms with Crippen molar-refractivity contribution in [3.8, 4) is 0 Å². The number of ketones is 1. The Balaban J connectivity index is 2.98. The van der Waals surface area contributed by atoms with E-state index in [-0.39, 0.29) is 54.9 Å². The number of anilines is 1. The minimum Gasteiger partial charge on any atom is -0.445 e. The topological polar surface area (TPSA) is 218 Å². The lowest BCUT2D eigenvalue weighted by atomic mass is 9.92. The van der Waals surface area contributed by atoms with Crippen LogP contribution in [-0.2, 0) is 35.3 Å². The van der Waals surface area contributed by atoms with Crippen LogP contribution >= 0.6 is 0 Å². The molecule has 55 heavy (non-hydrogen) atoms. The highest BCUT2D eigenvalue weighted by Crippen LogP contribution is 2.17. The van der Waals surface area contributed by atoms with E-state index in [9.17, 15) is 33.6 Å². The standard InChI is InChI=1S/C40H67N7O8/c1-23(2)14-12-16-31(48)45-33(25(5)6)37(51)44-30(15-13-21-42-39(41)53)36(50)43-29-19-17-28(18-20-29)22-55-40(54)47(11)34(26(7)8)38(52)46-32(24(3)4)35(49)27(9)10/h17-20,23-27,30,32-34H,12-16,21-22H2,1-11H3,(H,43,50)(H,44,51)(H,45,48)(H,46,52)(H3,41,42,53)/t30-,32-,33-,34-/m0/s1. The molecule has 7 N–H and O–H groups in total. The highest BCUT2D eigenvalue weighted by Gasteiger charge is 2.35. The van der Waals surface area contributed by atoms with Gasteiger partial charge in [0.1, 0.15) is 24.7 Å². The lowest BCUT2D eigenvalue weighted by molar-refractivity contribution is -0.133. The Bertz CT molecular complexity index is 1430. The number of carbonyl (C=O) groups is 7. The summed E-state index contributed by atoms with van der Waals surface area (Å²) in [4.78, 5) is 91.0. The third-order valence-electron chi connectivity index (χ3n) is 9.08. The molecule has 0 aliphatic carbocycles. The number of carbonyl (C=O) groups excluding carboxylic acids is 7. The number of hydrogen-bond donors (Lipinski definition) is 6. The molecule has 0 aliphatic rings. The SMILES string of the molecule is CC(C)CCCC(=O)N[C@H](C(=O)N[C@@H](CCCNC(N)=O)C(=O)Nc1ccc(COC(=O)N(C)[C@H](C(=O)N[C@H](C(=O)C(C)C)C(C)C)C(C)C)cc1)C(C)C. The molecule has 0 bridgehead atoms. The first-order valence-electron chi connectivity index (χ1n) is 19.4. The predicted molar refractivity (Wildman–Crippen MR) is 212 cm³/mol. The van der Waals surface area contributed by atoms with E-state index in [1.165, 1.54) is 11.9 Å². The van der Waals surface area contributed by atoms with Crippen molar-refractivity contribution in [1.29, 1.82) is 0 Å². The van der Waals surface area contributed by atoms with E-state index in [1.54, 1.807) is 65.8 Å². The average Bonchev–Trinajstić information content (AvgIpc) is 3.09. The van der Waals surface area contributed by atoms with Crippen LogP contribution in [0.5, 0.6) is 0 Å². The summed E-state index contributed by atoms with van der Waals surface area (Å²) >= 11 is 0. The van der Waals surface area contributed by atoms with Crippen molar-refractivity contribution in [2.45, 2.75) is 132 Å². The van der Waals surface area contributed by atoms with Crippen LogP contribution in [0.25, 0.3) is 0 Å². The number of Topliss-reactive ketones (excluding diaryl/α,β-unsaturated/α-hetero) is 1. The number of primary amides is 1. The molecule has 15 nitrogen and oxygen atoms in total. The smallest absolute Gasteiger partial charge is 0.410 e. The van der Waals surface area contributed by atoms with Crippen molar-refractivity contribution >= 4 is 47.2 Å². The zero-order valence-electron chi connectivity index (χ0n) is 34.7. The lowest BCUT2D eigenvalue weighted by Crippen LogP contribution is -2.55. The fourth-order valence-electron chi connectivity index (χ4n) is 5.86. The molecular formula is C40H67N7O8. The van der Waals surface area contributed by atoms with Crippen molar-refractivity contribution in [2.24, 2.45) is 35.3 Å². The quantitative estimate of drug-likeness (QED) is 0.0869. The Kier molecular flexibility index (Phi) is 21.1. The average molecular weight is 774 g/mol. The molecule has 4 atom stereocenters. The maximum Gasteiger partial charge on any atom is 0.410 e. The van der Waals surface area contributed by atoms with Gasteiger partial charge in [-0.3, -0.25) is 28.9 Å². The van der Waals surface area contributed by atoms with Gasteiger partial charge in [-0.1, -0.05) is 87.8 Å². The number of ether oxygens (including phenoxy) is 1. The molecule has 1 aromatic carbocycles. The number of nitrogens with zero attached hydrogens (tertiary/aromatic N) is 1.